The molecule has 6 nitrogen and oxygen atoms in total. The Balaban J connectivity index is 2.32. The van der Waals surface area contributed by atoms with E-state index in [-0.39, 0.29) is 23.1 Å². The number of piperidine rings is 1. The molecule has 0 amide bonds. The number of rotatable bonds is 6. The van der Waals surface area contributed by atoms with E-state index < -0.39 is 16.9 Å². The van der Waals surface area contributed by atoms with Gasteiger partial charge < -0.3 is 19.1 Å². The molecule has 6 heteroatoms. The lowest BCUT2D eigenvalue weighted by molar-refractivity contribution is -0.400. The summed E-state index contributed by atoms with van der Waals surface area (Å²) in [5.74, 6) is -0.824. The second-order valence-electron chi connectivity index (χ2n) is 9.74. The fraction of sp³-hybridized carbons (Fsp3) is 0.909. The first-order chi connectivity index (χ1) is 12.9. The first-order valence-corrected chi connectivity index (χ1v) is 10.6. The Bertz CT molecular complexity index is 598. The van der Waals surface area contributed by atoms with Gasteiger partial charge in [0.2, 0.25) is 0 Å². The van der Waals surface area contributed by atoms with Gasteiger partial charge in [0.15, 0.2) is 5.79 Å². The van der Waals surface area contributed by atoms with Gasteiger partial charge in [-0.1, -0.05) is 27.7 Å². The third-order valence-electron chi connectivity index (χ3n) is 7.28. The molecule has 1 spiro atoms. The number of carbonyl (C=O) groups excluding carboxylic acids is 2. The molecular formula is C22H39NO5. The van der Waals surface area contributed by atoms with Gasteiger partial charge in [0.05, 0.1) is 24.3 Å². The van der Waals surface area contributed by atoms with Gasteiger partial charge in [0.1, 0.15) is 5.78 Å². The summed E-state index contributed by atoms with van der Waals surface area (Å²) < 4.78 is 13.0. The van der Waals surface area contributed by atoms with E-state index in [1.807, 2.05) is 5.06 Å². The number of carbonyl (C=O) groups is 2. The summed E-state index contributed by atoms with van der Waals surface area (Å²) in [5.41, 5.74) is -0.966. The standard InChI is InChI=1S/C22H39NO5/c1-9-20(7)13-22(17(4)21(8,10-2)23(20)28-18(5)25)26-14-19(6,15-27-22)12-11-16(3)24/h17H,9-15H2,1-8H3. The molecule has 0 aromatic carbocycles. The number of hydrogen-bond acceptors (Lipinski definition) is 6. The maximum absolute atomic E-state index is 11.9. The Morgan fingerprint density at radius 2 is 1.64 bits per heavy atom. The summed E-state index contributed by atoms with van der Waals surface area (Å²) >= 11 is 0. The minimum absolute atomic E-state index is 0.00123. The number of ketones is 1. The lowest BCUT2D eigenvalue weighted by Gasteiger charge is -2.63. The number of ether oxygens (including phenoxy) is 2. The third-order valence-corrected chi connectivity index (χ3v) is 7.28. The molecule has 2 saturated heterocycles. The zero-order valence-corrected chi connectivity index (χ0v) is 19.0. The molecule has 0 bridgehead atoms. The number of hydrogen-bond donors (Lipinski definition) is 0. The van der Waals surface area contributed by atoms with E-state index in [1.54, 1.807) is 6.92 Å². The van der Waals surface area contributed by atoms with Crippen molar-refractivity contribution < 1.29 is 23.9 Å². The van der Waals surface area contributed by atoms with Crippen LogP contribution in [-0.2, 0) is 23.9 Å². The quantitative estimate of drug-likeness (QED) is 0.667. The smallest absolute Gasteiger partial charge is 0.322 e. The van der Waals surface area contributed by atoms with Crippen LogP contribution >= 0.6 is 0 Å². The molecule has 2 aliphatic heterocycles. The molecule has 0 radical (unpaired) electrons. The zero-order chi connectivity index (χ0) is 21.4. The van der Waals surface area contributed by atoms with Gasteiger partial charge >= 0.3 is 5.97 Å². The van der Waals surface area contributed by atoms with Gasteiger partial charge in [0, 0.05) is 31.1 Å². The van der Waals surface area contributed by atoms with Crippen molar-refractivity contribution in [2.75, 3.05) is 13.2 Å². The topological polar surface area (TPSA) is 65.1 Å². The monoisotopic (exact) mass is 397 g/mol. The van der Waals surface area contributed by atoms with Gasteiger partial charge in [-0.25, -0.2) is 0 Å². The van der Waals surface area contributed by atoms with E-state index in [4.69, 9.17) is 14.3 Å². The highest BCUT2D eigenvalue weighted by atomic mass is 16.7. The van der Waals surface area contributed by atoms with E-state index >= 15 is 0 Å². The summed E-state index contributed by atoms with van der Waals surface area (Å²) in [6.07, 6.45) is 3.54. The summed E-state index contributed by atoms with van der Waals surface area (Å²) in [5, 5.41) is 1.91. The highest BCUT2D eigenvalue weighted by molar-refractivity contribution is 5.75. The largest absolute Gasteiger partial charge is 0.367 e. The predicted molar refractivity (Wildman–Crippen MR) is 107 cm³/mol. The van der Waals surface area contributed by atoms with Gasteiger partial charge in [-0.2, -0.15) is 0 Å². The molecule has 0 aliphatic carbocycles. The van der Waals surface area contributed by atoms with E-state index in [9.17, 15) is 9.59 Å². The molecule has 3 unspecified atom stereocenters. The molecule has 3 atom stereocenters. The third kappa shape index (κ3) is 4.14. The van der Waals surface area contributed by atoms with Crippen LogP contribution in [0, 0.1) is 11.3 Å². The average molecular weight is 398 g/mol. The van der Waals surface area contributed by atoms with Crippen molar-refractivity contribution in [3.05, 3.63) is 0 Å². The minimum atomic E-state index is -0.720. The Hall–Kier alpha value is -0.980. The summed E-state index contributed by atoms with van der Waals surface area (Å²) in [6.45, 7) is 16.9. The molecule has 0 N–H and O–H groups in total. The molecular weight excluding hydrogens is 358 g/mol. The van der Waals surface area contributed by atoms with Crippen molar-refractivity contribution in [2.45, 2.75) is 104 Å². The molecule has 0 aromatic heterocycles. The normalized spacial score (nSPS) is 41.8. The van der Waals surface area contributed by atoms with Crippen LogP contribution in [0.3, 0.4) is 0 Å². The van der Waals surface area contributed by atoms with Gasteiger partial charge in [-0.3, -0.25) is 4.79 Å². The maximum atomic E-state index is 11.9. The van der Waals surface area contributed by atoms with Crippen LogP contribution in [0.5, 0.6) is 0 Å². The molecule has 28 heavy (non-hydrogen) atoms. The average Bonchev–Trinajstić information content (AvgIpc) is 2.64. The van der Waals surface area contributed by atoms with Gasteiger partial charge in [0.25, 0.3) is 0 Å². The Morgan fingerprint density at radius 1 is 1.07 bits per heavy atom. The summed E-state index contributed by atoms with van der Waals surface area (Å²) in [4.78, 5) is 29.0. The van der Waals surface area contributed by atoms with Crippen LogP contribution in [-0.4, -0.2) is 46.9 Å². The minimum Gasteiger partial charge on any atom is -0.367 e. The van der Waals surface area contributed by atoms with E-state index in [0.717, 1.165) is 19.3 Å². The predicted octanol–water partition coefficient (Wildman–Crippen LogP) is 4.26. The highest BCUT2D eigenvalue weighted by Gasteiger charge is 2.64. The van der Waals surface area contributed by atoms with Crippen molar-refractivity contribution in [2.24, 2.45) is 11.3 Å². The van der Waals surface area contributed by atoms with Gasteiger partial charge in [-0.15, -0.1) is 5.06 Å². The fourth-order valence-electron chi connectivity index (χ4n) is 4.73. The van der Waals surface area contributed by atoms with Crippen LogP contribution in [0.4, 0.5) is 0 Å². The Morgan fingerprint density at radius 3 is 2.07 bits per heavy atom. The SMILES string of the molecule is CCC1(C)CC2(OCC(C)(CCC(C)=O)CO2)C(C)C(C)(CC)N1OC(C)=O. The number of nitrogens with zero attached hydrogens (tertiary/aromatic N) is 1. The maximum Gasteiger partial charge on any atom is 0.322 e. The molecule has 2 heterocycles. The number of hydroxylamine groups is 2. The lowest BCUT2D eigenvalue weighted by atomic mass is 9.66. The van der Waals surface area contributed by atoms with E-state index in [0.29, 0.717) is 26.1 Å². The van der Waals surface area contributed by atoms with Crippen LogP contribution in [0.15, 0.2) is 0 Å². The van der Waals surface area contributed by atoms with Crippen molar-refractivity contribution in [3.8, 4) is 0 Å². The summed E-state index contributed by atoms with van der Waals surface area (Å²) in [7, 11) is 0. The molecule has 2 fully saturated rings. The second-order valence-corrected chi connectivity index (χ2v) is 9.74. The van der Waals surface area contributed by atoms with Crippen LogP contribution in [0.25, 0.3) is 0 Å². The first kappa shape index (κ1) is 23.3. The second kappa shape index (κ2) is 8.04. The van der Waals surface area contributed by atoms with Crippen molar-refractivity contribution in [3.63, 3.8) is 0 Å². The van der Waals surface area contributed by atoms with Gasteiger partial charge in [-0.05, 0) is 40.0 Å². The molecule has 162 valence electrons. The fourth-order valence-corrected chi connectivity index (χ4v) is 4.73. The van der Waals surface area contributed by atoms with Crippen molar-refractivity contribution >= 4 is 11.8 Å². The first-order valence-electron chi connectivity index (χ1n) is 10.6. The molecule has 2 aliphatic rings. The van der Waals surface area contributed by atoms with E-state index in [2.05, 4.69) is 41.5 Å². The lowest BCUT2D eigenvalue weighted by Crippen LogP contribution is -2.74. The Labute approximate surface area is 170 Å². The molecule has 0 saturated carbocycles. The molecule has 2 rings (SSSR count). The molecule has 0 aromatic rings. The zero-order valence-electron chi connectivity index (χ0n) is 19.0. The van der Waals surface area contributed by atoms with Crippen LogP contribution in [0.1, 0.15) is 87.5 Å². The van der Waals surface area contributed by atoms with Crippen LogP contribution < -0.4 is 0 Å². The number of Topliss-reactive ketones (excluding diaryl/α,β-unsaturated/α-hetero) is 1. The van der Waals surface area contributed by atoms with Crippen molar-refractivity contribution in [1.29, 1.82) is 0 Å². The summed E-state index contributed by atoms with van der Waals surface area (Å²) in [6, 6.07) is 0. The Kier molecular flexibility index (Phi) is 6.69. The highest BCUT2D eigenvalue weighted by Crippen LogP contribution is 2.54. The van der Waals surface area contributed by atoms with Crippen LogP contribution in [0.2, 0.25) is 0 Å². The van der Waals surface area contributed by atoms with Crippen molar-refractivity contribution in [1.82, 2.24) is 5.06 Å². The van der Waals surface area contributed by atoms with E-state index in [1.165, 1.54) is 6.92 Å².